The fourth-order valence-electron chi connectivity index (χ4n) is 3.61. The van der Waals surface area contributed by atoms with Crippen molar-refractivity contribution in [1.29, 1.82) is 0 Å². The molecule has 0 radical (unpaired) electrons. The molecule has 0 aliphatic carbocycles. The minimum atomic E-state index is -0.711. The molecule has 3 aliphatic heterocycles. The van der Waals surface area contributed by atoms with Crippen molar-refractivity contribution in [3.05, 3.63) is 35.9 Å². The second kappa shape index (κ2) is 6.36. The maximum absolute atomic E-state index is 12.8. The average molecular weight is 381 g/mol. The Hall–Kier alpha value is -3.36. The van der Waals surface area contributed by atoms with Crippen LogP contribution < -0.4 is 0 Å². The van der Waals surface area contributed by atoms with E-state index in [1.807, 2.05) is 24.5 Å². The summed E-state index contributed by atoms with van der Waals surface area (Å²) in [5.74, 6) is 0.317. The number of fused-ring (bicyclic) bond motifs is 2. The molecule has 3 aliphatic rings. The Bertz CT molecular complexity index is 981. The predicted molar refractivity (Wildman–Crippen MR) is 102 cm³/mol. The van der Waals surface area contributed by atoms with Crippen molar-refractivity contribution in [3.63, 3.8) is 0 Å². The first-order valence-corrected chi connectivity index (χ1v) is 9.01. The van der Waals surface area contributed by atoms with Gasteiger partial charge in [0.25, 0.3) is 5.91 Å². The van der Waals surface area contributed by atoms with E-state index in [1.165, 1.54) is 17.0 Å². The molecule has 3 amide bonds. The van der Waals surface area contributed by atoms with Crippen LogP contribution in [0.4, 0.5) is 4.79 Å². The number of Topliss-reactive ketones (excluding diaryl/α,β-unsaturated/α-hetero) is 1. The van der Waals surface area contributed by atoms with Crippen molar-refractivity contribution in [2.45, 2.75) is 25.9 Å². The van der Waals surface area contributed by atoms with E-state index in [9.17, 15) is 14.4 Å². The molecule has 9 heteroatoms. The Morgan fingerprint density at radius 2 is 1.82 bits per heavy atom. The van der Waals surface area contributed by atoms with Gasteiger partial charge in [0, 0.05) is 19.7 Å². The van der Waals surface area contributed by atoms with Crippen LogP contribution in [0.25, 0.3) is 0 Å². The van der Waals surface area contributed by atoms with Crippen LogP contribution in [0.3, 0.4) is 0 Å². The number of urea groups is 1. The molecule has 9 nitrogen and oxygen atoms in total. The molecular weight excluding hydrogens is 360 g/mol. The first kappa shape index (κ1) is 18.0. The Morgan fingerprint density at radius 1 is 1.14 bits per heavy atom. The van der Waals surface area contributed by atoms with Gasteiger partial charge in [-0.25, -0.2) is 9.37 Å². The van der Waals surface area contributed by atoms with E-state index in [0.717, 1.165) is 10.6 Å². The molecule has 0 spiro atoms. The number of carbonyl (C=O) groups is 3. The summed E-state index contributed by atoms with van der Waals surface area (Å²) in [7, 11) is 3.05. The zero-order chi connectivity index (χ0) is 20.2. The van der Waals surface area contributed by atoms with E-state index >= 15 is 0 Å². The van der Waals surface area contributed by atoms with Gasteiger partial charge in [-0.05, 0) is 13.8 Å². The molecule has 1 aromatic rings. The van der Waals surface area contributed by atoms with Gasteiger partial charge in [-0.2, -0.15) is 0 Å². The summed E-state index contributed by atoms with van der Waals surface area (Å²) in [5, 5.41) is 6.05. The third-order valence-electron chi connectivity index (χ3n) is 5.37. The number of ketones is 1. The molecule has 4 rings (SSSR count). The van der Waals surface area contributed by atoms with E-state index in [0.29, 0.717) is 17.4 Å². The van der Waals surface area contributed by atoms with E-state index in [1.54, 1.807) is 31.3 Å². The Morgan fingerprint density at radius 3 is 2.50 bits per heavy atom. The highest BCUT2D eigenvalue weighted by atomic mass is 16.2. The molecule has 144 valence electrons. The summed E-state index contributed by atoms with van der Waals surface area (Å²) in [6.45, 7) is 3.77. The first-order valence-electron chi connectivity index (χ1n) is 9.01. The second-order valence-corrected chi connectivity index (χ2v) is 7.08. The zero-order valence-electron chi connectivity index (χ0n) is 16.2. The average Bonchev–Trinajstić information content (AvgIpc) is 3.10. The number of amides is 3. The molecule has 3 heterocycles. The van der Waals surface area contributed by atoms with Gasteiger partial charge in [-0.1, -0.05) is 35.3 Å². The quantitative estimate of drug-likeness (QED) is 0.567. The summed E-state index contributed by atoms with van der Waals surface area (Å²) in [6, 6.07) is 7.62. The SMILES string of the molecule is CC1=NN(CC(=O)c2ccccc2)C2=[N+](C1C)C1C(=O)N(C)C(=O)N(C)C1=N2. The van der Waals surface area contributed by atoms with Crippen molar-refractivity contribution in [1.82, 2.24) is 14.8 Å². The van der Waals surface area contributed by atoms with Crippen molar-refractivity contribution < 1.29 is 19.0 Å². The third-order valence-corrected chi connectivity index (χ3v) is 5.37. The summed E-state index contributed by atoms with van der Waals surface area (Å²) < 4.78 is 1.83. The van der Waals surface area contributed by atoms with E-state index in [2.05, 4.69) is 10.1 Å². The highest BCUT2D eigenvalue weighted by Gasteiger charge is 2.55. The lowest BCUT2D eigenvalue weighted by Gasteiger charge is -2.33. The van der Waals surface area contributed by atoms with Crippen molar-refractivity contribution in [3.8, 4) is 0 Å². The highest BCUT2D eigenvalue weighted by molar-refractivity contribution is 6.23. The summed E-state index contributed by atoms with van der Waals surface area (Å²) in [4.78, 5) is 44.9. The third kappa shape index (κ3) is 2.54. The normalized spacial score (nSPS) is 24.2. The number of aliphatic imine (C=N–C) groups is 1. The molecule has 0 N–H and O–H groups in total. The molecule has 0 saturated carbocycles. The zero-order valence-corrected chi connectivity index (χ0v) is 16.2. The maximum atomic E-state index is 12.8. The number of guanidine groups is 1. The molecule has 28 heavy (non-hydrogen) atoms. The molecule has 1 aromatic carbocycles. The number of hydrazone groups is 1. The van der Waals surface area contributed by atoms with Gasteiger partial charge >= 0.3 is 12.0 Å². The number of hydrogen-bond acceptors (Lipinski definition) is 6. The number of hydrogen-bond donors (Lipinski definition) is 0. The smallest absolute Gasteiger partial charge is 0.290 e. The summed E-state index contributed by atoms with van der Waals surface area (Å²) >= 11 is 0. The van der Waals surface area contributed by atoms with Crippen LogP contribution in [0, 0.1) is 0 Å². The van der Waals surface area contributed by atoms with Crippen LogP contribution in [0.15, 0.2) is 40.4 Å². The number of amidine groups is 1. The molecule has 2 unspecified atom stereocenters. The van der Waals surface area contributed by atoms with Gasteiger partial charge in [0.15, 0.2) is 12.3 Å². The molecule has 2 atom stereocenters. The van der Waals surface area contributed by atoms with Crippen LogP contribution in [0.5, 0.6) is 0 Å². The lowest BCUT2D eigenvalue weighted by atomic mass is 10.1. The highest BCUT2D eigenvalue weighted by Crippen LogP contribution is 2.24. The van der Waals surface area contributed by atoms with Crippen LogP contribution in [-0.4, -0.2) is 87.3 Å². The van der Waals surface area contributed by atoms with Crippen LogP contribution >= 0.6 is 0 Å². The van der Waals surface area contributed by atoms with Gasteiger partial charge < -0.3 is 0 Å². The van der Waals surface area contributed by atoms with Crippen molar-refractivity contribution in [2.75, 3.05) is 20.6 Å². The Kier molecular flexibility index (Phi) is 4.10. The van der Waals surface area contributed by atoms with Crippen molar-refractivity contribution >= 4 is 35.2 Å². The van der Waals surface area contributed by atoms with E-state index in [4.69, 9.17) is 0 Å². The number of likely N-dealkylation sites (N-methyl/N-ethyl adjacent to an activating group) is 2. The fraction of sp³-hybridized carbons (Fsp3) is 0.368. The minimum absolute atomic E-state index is 0.00883. The van der Waals surface area contributed by atoms with Gasteiger partial charge in [0.05, 0.1) is 5.71 Å². The summed E-state index contributed by atoms with van der Waals surface area (Å²) in [5.41, 5.74) is 1.34. The molecule has 1 fully saturated rings. The lowest BCUT2D eigenvalue weighted by Crippen LogP contribution is -2.63. The van der Waals surface area contributed by atoms with E-state index in [-0.39, 0.29) is 24.3 Å². The number of rotatable bonds is 3. The predicted octanol–water partition coefficient (Wildman–Crippen LogP) is 0.622. The number of carbonyl (C=O) groups excluding carboxylic acids is 3. The number of imide groups is 1. The first-order chi connectivity index (χ1) is 13.3. The molecular formula is C19H21N6O3+. The van der Waals surface area contributed by atoms with Gasteiger partial charge in [0.1, 0.15) is 6.04 Å². The maximum Gasteiger partial charge on any atom is 0.417 e. The van der Waals surface area contributed by atoms with E-state index < -0.39 is 12.1 Å². The number of nitrogens with zero attached hydrogens (tertiary/aromatic N) is 6. The van der Waals surface area contributed by atoms with Crippen LogP contribution in [0.1, 0.15) is 24.2 Å². The summed E-state index contributed by atoms with van der Waals surface area (Å²) in [6.07, 6.45) is 0. The standard InChI is InChI=1S/C19H21N6O3/c1-11-12(2)25-15-16(22(3)19(28)23(4)17(15)27)20-18(25)24(21-11)10-14(26)13-8-6-5-7-9-13/h5-9,12,15H,10H2,1-4H3/q+1. The Balaban J connectivity index is 1.73. The molecule has 0 bridgehead atoms. The van der Waals surface area contributed by atoms with Gasteiger partial charge in [-0.3, -0.25) is 19.4 Å². The number of benzene rings is 1. The van der Waals surface area contributed by atoms with Gasteiger partial charge in [-0.15, -0.1) is 10.1 Å². The molecule has 0 aromatic heterocycles. The second-order valence-electron chi connectivity index (χ2n) is 7.08. The topological polar surface area (TPSA) is 88.7 Å². The largest absolute Gasteiger partial charge is 0.417 e. The van der Waals surface area contributed by atoms with Gasteiger partial charge in [0.2, 0.25) is 11.9 Å². The van der Waals surface area contributed by atoms with Crippen LogP contribution in [0.2, 0.25) is 0 Å². The van der Waals surface area contributed by atoms with Crippen molar-refractivity contribution in [2.24, 2.45) is 10.1 Å². The minimum Gasteiger partial charge on any atom is -0.290 e. The fourth-order valence-corrected chi connectivity index (χ4v) is 3.61. The Labute approximate surface area is 162 Å². The lowest BCUT2D eigenvalue weighted by molar-refractivity contribution is -0.558. The monoisotopic (exact) mass is 381 g/mol. The molecule has 1 saturated heterocycles. The van der Waals surface area contributed by atoms with Crippen LogP contribution in [-0.2, 0) is 4.79 Å².